The van der Waals surface area contributed by atoms with Crippen LogP contribution in [0.3, 0.4) is 0 Å². The van der Waals surface area contributed by atoms with Crippen LogP contribution in [0.1, 0.15) is 11.1 Å². The summed E-state index contributed by atoms with van der Waals surface area (Å²) in [6.07, 6.45) is 0. The van der Waals surface area contributed by atoms with E-state index in [9.17, 15) is 0 Å². The average Bonchev–Trinajstić information content (AvgIpc) is 3.03. The van der Waals surface area contributed by atoms with Crippen molar-refractivity contribution in [1.82, 2.24) is 0 Å². The van der Waals surface area contributed by atoms with E-state index >= 15 is 0 Å². The van der Waals surface area contributed by atoms with Crippen LogP contribution in [0, 0.1) is 6.58 Å². The maximum Gasteiger partial charge on any atom is -0.00201 e. The SMILES string of the molecule is [CH]=C1C(c2ccccc2)=C1c1ccccc1. The summed E-state index contributed by atoms with van der Waals surface area (Å²) in [5.74, 6) is 0. The minimum absolute atomic E-state index is 0.928. The Balaban J connectivity index is 2.05. The summed E-state index contributed by atoms with van der Waals surface area (Å²) in [5, 5.41) is 0. The lowest BCUT2D eigenvalue weighted by Gasteiger charge is -1.91. The van der Waals surface area contributed by atoms with Crippen molar-refractivity contribution in [3.8, 4) is 0 Å². The smallest absolute Gasteiger partial charge is 0.00201 e. The number of benzene rings is 2. The Bertz CT molecular complexity index is 508. The highest BCUT2D eigenvalue weighted by atomic mass is 14.3. The fourth-order valence-electron chi connectivity index (χ4n) is 2.01. The van der Waals surface area contributed by atoms with Gasteiger partial charge in [-0.2, -0.15) is 0 Å². The normalized spacial score (nSPS) is 14.1. The van der Waals surface area contributed by atoms with E-state index in [0.717, 1.165) is 5.57 Å². The molecule has 0 heterocycles. The van der Waals surface area contributed by atoms with Crippen LogP contribution in [0.2, 0.25) is 0 Å². The van der Waals surface area contributed by atoms with Crippen molar-refractivity contribution in [2.24, 2.45) is 0 Å². The molecule has 0 amide bonds. The van der Waals surface area contributed by atoms with Gasteiger partial charge in [0.1, 0.15) is 0 Å². The fraction of sp³-hybridized carbons (Fsp3) is 0. The molecule has 1 aliphatic carbocycles. The van der Waals surface area contributed by atoms with Crippen LogP contribution in [0.25, 0.3) is 11.1 Å². The second-order valence-corrected chi connectivity index (χ2v) is 3.90. The van der Waals surface area contributed by atoms with Crippen LogP contribution in [-0.2, 0) is 0 Å². The molecule has 1 radical (unpaired) electrons. The third-order valence-electron chi connectivity index (χ3n) is 2.85. The first-order chi connectivity index (χ1) is 7.88. The number of rotatable bonds is 2. The molecule has 0 unspecified atom stereocenters. The first kappa shape index (κ1) is 9.17. The highest BCUT2D eigenvalue weighted by molar-refractivity contribution is 6.25. The summed E-state index contributed by atoms with van der Waals surface area (Å²) < 4.78 is 0. The third kappa shape index (κ3) is 1.40. The molecule has 0 atom stereocenters. The van der Waals surface area contributed by atoms with E-state index in [1.165, 1.54) is 22.3 Å². The van der Waals surface area contributed by atoms with Crippen LogP contribution < -0.4 is 0 Å². The standard InChI is InChI=1S/C16H11/c1-12-15(13-8-4-2-5-9-13)16(12)14-10-6-3-7-11-14/h1-11H. The molecule has 3 rings (SSSR count). The molecule has 0 nitrogen and oxygen atoms in total. The van der Waals surface area contributed by atoms with E-state index < -0.39 is 0 Å². The molecule has 2 aromatic carbocycles. The van der Waals surface area contributed by atoms with Gasteiger partial charge in [0.25, 0.3) is 0 Å². The number of allylic oxidation sites excluding steroid dienone is 3. The van der Waals surface area contributed by atoms with Gasteiger partial charge in [0.05, 0.1) is 0 Å². The first-order valence-corrected chi connectivity index (χ1v) is 5.36. The molecule has 16 heavy (non-hydrogen) atoms. The lowest BCUT2D eigenvalue weighted by Crippen LogP contribution is -1.70. The van der Waals surface area contributed by atoms with Crippen molar-refractivity contribution in [1.29, 1.82) is 0 Å². The number of hydrogen-bond acceptors (Lipinski definition) is 0. The van der Waals surface area contributed by atoms with Crippen LogP contribution in [0.4, 0.5) is 0 Å². The third-order valence-corrected chi connectivity index (χ3v) is 2.85. The van der Waals surface area contributed by atoms with Gasteiger partial charge in [0, 0.05) is 0 Å². The molecule has 0 aliphatic heterocycles. The highest BCUT2D eigenvalue weighted by Crippen LogP contribution is 2.51. The van der Waals surface area contributed by atoms with Crippen molar-refractivity contribution >= 4 is 11.1 Å². The molecule has 0 spiro atoms. The Labute approximate surface area is 95.6 Å². The van der Waals surface area contributed by atoms with Gasteiger partial charge in [-0.3, -0.25) is 0 Å². The molecular formula is C16H11. The molecule has 0 bridgehead atoms. The molecule has 0 saturated heterocycles. The van der Waals surface area contributed by atoms with Crippen molar-refractivity contribution in [3.63, 3.8) is 0 Å². The minimum Gasteiger partial charge on any atom is -0.0622 e. The van der Waals surface area contributed by atoms with Crippen LogP contribution >= 0.6 is 0 Å². The predicted octanol–water partition coefficient (Wildman–Crippen LogP) is 3.97. The molecule has 0 heteroatoms. The van der Waals surface area contributed by atoms with Crippen LogP contribution in [0.15, 0.2) is 66.2 Å². The molecular weight excluding hydrogens is 192 g/mol. The average molecular weight is 203 g/mol. The Hall–Kier alpha value is -2.08. The van der Waals surface area contributed by atoms with Crippen molar-refractivity contribution in [3.05, 3.63) is 83.9 Å². The molecule has 0 aromatic heterocycles. The Kier molecular flexibility index (Phi) is 2.00. The predicted molar refractivity (Wildman–Crippen MR) is 67.5 cm³/mol. The zero-order valence-electron chi connectivity index (χ0n) is 8.85. The van der Waals surface area contributed by atoms with E-state index in [0.29, 0.717) is 0 Å². The maximum atomic E-state index is 6.02. The zero-order valence-corrected chi connectivity index (χ0v) is 8.85. The Morgan fingerprint density at radius 1 is 0.562 bits per heavy atom. The summed E-state index contributed by atoms with van der Waals surface area (Å²) in [5.41, 5.74) is 5.74. The zero-order chi connectivity index (χ0) is 11.0. The highest BCUT2D eigenvalue weighted by Gasteiger charge is 2.29. The van der Waals surface area contributed by atoms with Gasteiger partial charge in [-0.05, 0) is 27.8 Å². The van der Waals surface area contributed by atoms with Crippen LogP contribution in [-0.4, -0.2) is 0 Å². The van der Waals surface area contributed by atoms with Gasteiger partial charge in [-0.15, -0.1) is 0 Å². The molecule has 2 aromatic rings. The second-order valence-electron chi connectivity index (χ2n) is 3.90. The van der Waals surface area contributed by atoms with Gasteiger partial charge >= 0.3 is 0 Å². The first-order valence-electron chi connectivity index (χ1n) is 5.36. The van der Waals surface area contributed by atoms with E-state index in [-0.39, 0.29) is 0 Å². The largest absolute Gasteiger partial charge is 0.0622 e. The van der Waals surface area contributed by atoms with Gasteiger partial charge < -0.3 is 0 Å². The van der Waals surface area contributed by atoms with Crippen molar-refractivity contribution in [2.45, 2.75) is 0 Å². The van der Waals surface area contributed by atoms with Gasteiger partial charge in [-0.25, -0.2) is 0 Å². The summed E-state index contributed by atoms with van der Waals surface area (Å²) >= 11 is 0. The molecule has 1 aliphatic rings. The van der Waals surface area contributed by atoms with Gasteiger partial charge in [-0.1, -0.05) is 67.2 Å². The maximum absolute atomic E-state index is 6.02. The monoisotopic (exact) mass is 203 g/mol. The summed E-state index contributed by atoms with van der Waals surface area (Å²) in [6.45, 7) is 6.02. The van der Waals surface area contributed by atoms with E-state index in [4.69, 9.17) is 6.58 Å². The van der Waals surface area contributed by atoms with Crippen LogP contribution in [0.5, 0.6) is 0 Å². The molecule has 0 fully saturated rings. The lowest BCUT2D eigenvalue weighted by atomic mass is 10.1. The van der Waals surface area contributed by atoms with Gasteiger partial charge in [0.2, 0.25) is 0 Å². The lowest BCUT2D eigenvalue weighted by molar-refractivity contribution is 1.65. The van der Waals surface area contributed by atoms with E-state index in [1.807, 2.05) is 36.4 Å². The van der Waals surface area contributed by atoms with Gasteiger partial charge in [0.15, 0.2) is 0 Å². The molecule has 0 N–H and O–H groups in total. The molecule has 0 saturated carbocycles. The van der Waals surface area contributed by atoms with Crippen molar-refractivity contribution < 1.29 is 0 Å². The van der Waals surface area contributed by atoms with Crippen molar-refractivity contribution in [2.75, 3.05) is 0 Å². The second kappa shape index (κ2) is 3.49. The fourth-order valence-corrected chi connectivity index (χ4v) is 2.01. The minimum atomic E-state index is 0.928. The number of hydrogen-bond donors (Lipinski definition) is 0. The van der Waals surface area contributed by atoms with E-state index in [2.05, 4.69) is 24.3 Å². The van der Waals surface area contributed by atoms with E-state index in [1.54, 1.807) is 0 Å². The topological polar surface area (TPSA) is 0 Å². The quantitative estimate of drug-likeness (QED) is 0.692. The Morgan fingerprint density at radius 3 is 1.31 bits per heavy atom. The summed E-state index contributed by atoms with van der Waals surface area (Å²) in [6, 6.07) is 20.6. The molecule has 75 valence electrons. The Morgan fingerprint density at radius 2 is 0.938 bits per heavy atom. The summed E-state index contributed by atoms with van der Waals surface area (Å²) in [4.78, 5) is 0. The summed E-state index contributed by atoms with van der Waals surface area (Å²) in [7, 11) is 0.